The van der Waals surface area contributed by atoms with Gasteiger partial charge in [0.15, 0.2) is 0 Å². The molecule has 0 aliphatic heterocycles. The van der Waals surface area contributed by atoms with Crippen molar-refractivity contribution in [2.24, 2.45) is 0 Å². The fraction of sp³-hybridized carbons (Fsp3) is 0.600. The molecule has 1 atom stereocenters. The Balaban J connectivity index is 0.000000511. The Labute approximate surface area is 161 Å². The van der Waals surface area contributed by atoms with Gasteiger partial charge in [-0.05, 0) is 32.8 Å². The first kappa shape index (κ1) is 25.0. The molecule has 0 saturated heterocycles. The average Bonchev–Trinajstić information content (AvgIpc) is 2.67. The van der Waals surface area contributed by atoms with Crippen LogP contribution >= 0.6 is 0 Å². The van der Waals surface area contributed by atoms with Crippen molar-refractivity contribution in [3.8, 4) is 0 Å². The minimum atomic E-state index is -1.48. The van der Waals surface area contributed by atoms with E-state index in [9.17, 15) is 19.8 Å². The Morgan fingerprint density at radius 2 is 1.63 bits per heavy atom. The smallest absolute Gasteiger partial charge is 0.336 e. The predicted molar refractivity (Wildman–Crippen MR) is 101 cm³/mol. The minimum absolute atomic E-state index is 0.117. The van der Waals surface area contributed by atoms with Crippen molar-refractivity contribution < 1.29 is 34.5 Å². The van der Waals surface area contributed by atoms with Gasteiger partial charge in [0.2, 0.25) is 0 Å². The molecule has 0 aliphatic rings. The summed E-state index contributed by atoms with van der Waals surface area (Å²) >= 11 is 0. The van der Waals surface area contributed by atoms with Crippen LogP contribution in [0.3, 0.4) is 0 Å². The number of nitrogens with zero attached hydrogens (tertiary/aromatic N) is 1. The number of unbranched alkanes of at least 4 members (excludes halogenated alkanes) is 2. The third kappa shape index (κ3) is 8.99. The predicted octanol–water partition coefficient (Wildman–Crippen LogP) is 1.13. The van der Waals surface area contributed by atoms with Crippen molar-refractivity contribution in [2.75, 3.05) is 32.8 Å². The third-order valence-electron chi connectivity index (χ3n) is 4.76. The molecule has 0 amide bonds. The highest BCUT2D eigenvalue weighted by atomic mass is 16.4. The Bertz CT molecular complexity index is 538. The highest BCUT2D eigenvalue weighted by Gasteiger charge is 2.25. The van der Waals surface area contributed by atoms with Crippen molar-refractivity contribution in [1.29, 1.82) is 0 Å². The number of aliphatic hydroxyl groups excluding tert-OH is 2. The standard InChI is InChI=1S/C12H28NO2.C8H6O4/c1-4-7-8-9-13(5-2,6-3)10-12(15)11-14;9-7(10)5-3-1-2-4-6(5)8(11)12/h12,14-15H,4-11H2,1-3H3;1-4H,(H,9,10)(H,11,12)/q+1;/p-1. The Morgan fingerprint density at radius 3 is 2.00 bits per heavy atom. The van der Waals surface area contributed by atoms with Gasteiger partial charge in [0, 0.05) is 5.56 Å². The van der Waals surface area contributed by atoms with E-state index in [0.29, 0.717) is 6.54 Å². The number of carbonyl (C=O) groups is 2. The number of benzene rings is 1. The lowest BCUT2D eigenvalue weighted by atomic mass is 10.1. The normalized spacial score (nSPS) is 12.0. The van der Waals surface area contributed by atoms with E-state index in [1.807, 2.05) is 0 Å². The summed E-state index contributed by atoms with van der Waals surface area (Å²) in [5.74, 6) is -2.75. The molecular weight excluding hydrogens is 350 g/mol. The summed E-state index contributed by atoms with van der Waals surface area (Å²) in [6.07, 6.45) is 3.15. The number of carboxylic acid groups (broad SMARTS) is 2. The number of quaternary nitrogens is 1. The number of carboxylic acids is 2. The van der Waals surface area contributed by atoms with E-state index >= 15 is 0 Å². The molecular formula is C20H33NO6. The molecule has 0 saturated carbocycles. The molecule has 0 fully saturated rings. The van der Waals surface area contributed by atoms with Crippen LogP contribution in [0.25, 0.3) is 0 Å². The molecule has 0 aromatic heterocycles. The highest BCUT2D eigenvalue weighted by molar-refractivity contribution is 6.00. The maximum absolute atomic E-state index is 10.4. The summed E-state index contributed by atoms with van der Waals surface area (Å²) in [6, 6.07) is 5.31. The molecule has 154 valence electrons. The Hall–Kier alpha value is -1.96. The molecule has 1 aromatic carbocycles. The number of likely N-dealkylation sites (N-methyl/N-ethyl adjacent to an activating group) is 1. The van der Waals surface area contributed by atoms with Gasteiger partial charge in [-0.1, -0.05) is 31.5 Å². The molecule has 1 unspecified atom stereocenters. The summed E-state index contributed by atoms with van der Waals surface area (Å²) in [6.45, 7) is 10.3. The van der Waals surface area contributed by atoms with Gasteiger partial charge in [-0.25, -0.2) is 4.79 Å². The van der Waals surface area contributed by atoms with E-state index in [1.54, 1.807) is 0 Å². The average molecular weight is 383 g/mol. The Kier molecular flexibility index (Phi) is 12.3. The second kappa shape index (κ2) is 13.2. The van der Waals surface area contributed by atoms with Crippen LogP contribution < -0.4 is 5.11 Å². The third-order valence-corrected chi connectivity index (χ3v) is 4.76. The van der Waals surface area contributed by atoms with Crippen LogP contribution in [-0.2, 0) is 0 Å². The zero-order chi connectivity index (χ0) is 20.9. The van der Waals surface area contributed by atoms with E-state index in [2.05, 4.69) is 20.8 Å². The first-order valence-corrected chi connectivity index (χ1v) is 9.44. The minimum Gasteiger partial charge on any atom is -0.545 e. The molecule has 0 bridgehead atoms. The molecule has 0 aliphatic carbocycles. The van der Waals surface area contributed by atoms with Gasteiger partial charge < -0.3 is 29.7 Å². The van der Waals surface area contributed by atoms with Crippen LogP contribution in [0.5, 0.6) is 0 Å². The van der Waals surface area contributed by atoms with Crippen molar-refractivity contribution in [3.63, 3.8) is 0 Å². The van der Waals surface area contributed by atoms with E-state index in [1.165, 1.54) is 43.5 Å². The van der Waals surface area contributed by atoms with Crippen LogP contribution in [0.15, 0.2) is 24.3 Å². The number of rotatable bonds is 11. The maximum atomic E-state index is 10.4. The van der Waals surface area contributed by atoms with Crippen molar-refractivity contribution in [2.45, 2.75) is 46.1 Å². The topological polar surface area (TPSA) is 118 Å². The second-order valence-corrected chi connectivity index (χ2v) is 6.56. The van der Waals surface area contributed by atoms with Crippen LogP contribution in [0.2, 0.25) is 0 Å². The van der Waals surface area contributed by atoms with Crippen LogP contribution in [0.1, 0.15) is 60.7 Å². The fourth-order valence-electron chi connectivity index (χ4n) is 2.94. The van der Waals surface area contributed by atoms with E-state index < -0.39 is 18.0 Å². The van der Waals surface area contributed by atoms with Gasteiger partial charge in [-0.2, -0.15) is 0 Å². The van der Waals surface area contributed by atoms with Crippen molar-refractivity contribution >= 4 is 11.9 Å². The number of hydrogen-bond acceptors (Lipinski definition) is 5. The highest BCUT2D eigenvalue weighted by Crippen LogP contribution is 2.11. The zero-order valence-electron chi connectivity index (χ0n) is 16.6. The second-order valence-electron chi connectivity index (χ2n) is 6.56. The monoisotopic (exact) mass is 383 g/mol. The molecule has 7 nitrogen and oxygen atoms in total. The van der Waals surface area contributed by atoms with Crippen LogP contribution in [0.4, 0.5) is 0 Å². The zero-order valence-corrected chi connectivity index (χ0v) is 16.6. The van der Waals surface area contributed by atoms with Crippen molar-refractivity contribution in [3.05, 3.63) is 35.4 Å². The SMILES string of the molecule is CCCCC[N+](CC)(CC)CC(O)CO.O=C([O-])c1ccccc1C(=O)O. The number of hydrogen-bond donors (Lipinski definition) is 3. The first-order chi connectivity index (χ1) is 12.8. The van der Waals surface area contributed by atoms with Crippen molar-refractivity contribution in [1.82, 2.24) is 0 Å². The summed E-state index contributed by atoms with van der Waals surface area (Å²) in [4.78, 5) is 20.8. The summed E-state index contributed by atoms with van der Waals surface area (Å²) in [5, 5.41) is 37.3. The van der Waals surface area contributed by atoms with E-state index in [-0.39, 0.29) is 17.7 Å². The Morgan fingerprint density at radius 1 is 1.07 bits per heavy atom. The van der Waals surface area contributed by atoms with Gasteiger partial charge in [0.25, 0.3) is 0 Å². The maximum Gasteiger partial charge on any atom is 0.336 e. The van der Waals surface area contributed by atoms with Crippen LogP contribution in [0, 0.1) is 0 Å². The van der Waals surface area contributed by atoms with Gasteiger partial charge in [-0.3, -0.25) is 0 Å². The molecule has 7 heteroatoms. The number of carbonyl (C=O) groups excluding carboxylic acids is 1. The lowest BCUT2D eigenvalue weighted by molar-refractivity contribution is -0.928. The fourth-order valence-corrected chi connectivity index (χ4v) is 2.94. The molecule has 1 aromatic rings. The van der Waals surface area contributed by atoms with Gasteiger partial charge in [-0.15, -0.1) is 0 Å². The van der Waals surface area contributed by atoms with E-state index in [0.717, 1.165) is 24.1 Å². The largest absolute Gasteiger partial charge is 0.545 e. The van der Waals surface area contributed by atoms with Gasteiger partial charge >= 0.3 is 5.97 Å². The first-order valence-electron chi connectivity index (χ1n) is 9.44. The summed E-state index contributed by atoms with van der Waals surface area (Å²) in [5.41, 5.74) is -0.553. The molecule has 1 rings (SSSR count). The van der Waals surface area contributed by atoms with E-state index in [4.69, 9.17) is 10.2 Å². The molecule has 3 N–H and O–H groups in total. The van der Waals surface area contributed by atoms with Crippen LogP contribution in [-0.4, -0.2) is 70.6 Å². The lowest BCUT2D eigenvalue weighted by Crippen LogP contribution is -2.53. The van der Waals surface area contributed by atoms with Gasteiger partial charge in [0.05, 0.1) is 37.8 Å². The number of aromatic carboxylic acids is 2. The molecule has 0 radical (unpaired) electrons. The summed E-state index contributed by atoms with van der Waals surface area (Å²) in [7, 11) is 0. The molecule has 0 spiro atoms. The summed E-state index contributed by atoms with van der Waals surface area (Å²) < 4.78 is 0.932. The number of aliphatic hydroxyl groups is 2. The van der Waals surface area contributed by atoms with Gasteiger partial charge in [0.1, 0.15) is 12.6 Å². The molecule has 0 heterocycles. The quantitative estimate of drug-likeness (QED) is 0.389. The lowest BCUT2D eigenvalue weighted by Gasteiger charge is -2.38. The molecule has 27 heavy (non-hydrogen) atoms.